The first-order valence-electron chi connectivity index (χ1n) is 6.31. The lowest BCUT2D eigenvalue weighted by Gasteiger charge is -2.23. The Bertz CT molecular complexity index is 727. The summed E-state index contributed by atoms with van der Waals surface area (Å²) in [5.41, 5.74) is 1.38. The lowest BCUT2D eigenvalue weighted by atomic mass is 10.1. The molecule has 7 nitrogen and oxygen atoms in total. The highest BCUT2D eigenvalue weighted by molar-refractivity contribution is 6.31. The van der Waals surface area contributed by atoms with Crippen molar-refractivity contribution in [1.82, 2.24) is 14.8 Å². The highest BCUT2D eigenvalue weighted by Gasteiger charge is 2.32. The van der Waals surface area contributed by atoms with E-state index in [2.05, 4.69) is 20.7 Å². The van der Waals surface area contributed by atoms with Gasteiger partial charge in [0.2, 0.25) is 17.8 Å². The summed E-state index contributed by atoms with van der Waals surface area (Å²) >= 11 is 6.03. The monoisotopic (exact) mass is 305 g/mol. The van der Waals surface area contributed by atoms with Crippen LogP contribution in [-0.4, -0.2) is 26.6 Å². The van der Waals surface area contributed by atoms with Crippen LogP contribution in [0.5, 0.6) is 0 Å². The Labute approximate surface area is 125 Å². The number of carbonyl (C=O) groups excluding carboxylic acids is 2. The van der Waals surface area contributed by atoms with Crippen molar-refractivity contribution in [3.8, 4) is 0 Å². The number of halogens is 1. The first kappa shape index (κ1) is 13.6. The van der Waals surface area contributed by atoms with E-state index >= 15 is 0 Å². The molecule has 1 aromatic carbocycles. The second-order valence-electron chi connectivity index (χ2n) is 4.70. The Morgan fingerprint density at radius 1 is 1.52 bits per heavy atom. The molecule has 1 aliphatic rings. The molecule has 2 heterocycles. The minimum absolute atomic E-state index is 0.0157. The first-order chi connectivity index (χ1) is 10.1. The van der Waals surface area contributed by atoms with Gasteiger partial charge in [0.05, 0.1) is 6.42 Å². The zero-order valence-corrected chi connectivity index (χ0v) is 11.9. The van der Waals surface area contributed by atoms with Crippen LogP contribution in [0.25, 0.3) is 0 Å². The number of amides is 2. The van der Waals surface area contributed by atoms with Crippen molar-refractivity contribution >= 4 is 35.1 Å². The summed E-state index contributed by atoms with van der Waals surface area (Å²) in [6.45, 7) is 1.81. The summed E-state index contributed by atoms with van der Waals surface area (Å²) in [4.78, 5) is 27.9. The standard InChI is InChI=1S/C13H12ClN5O2/c1-7-8(14)3-2-4-9(7)17-12(21)10-5-11(20)18-13-15-6-16-19(10)13/h2-4,6,10H,5H2,1H3,(H,17,21)(H,15,16,18,20)/t10-/m0/s1. The number of aromatic nitrogens is 3. The maximum Gasteiger partial charge on any atom is 0.249 e. The Morgan fingerprint density at radius 3 is 3.14 bits per heavy atom. The molecule has 0 fully saturated rings. The molecule has 2 N–H and O–H groups in total. The fraction of sp³-hybridized carbons (Fsp3) is 0.231. The van der Waals surface area contributed by atoms with E-state index in [-0.39, 0.29) is 24.2 Å². The van der Waals surface area contributed by atoms with Gasteiger partial charge in [-0.15, -0.1) is 0 Å². The highest BCUT2D eigenvalue weighted by Crippen LogP contribution is 2.26. The molecule has 1 atom stereocenters. The van der Waals surface area contributed by atoms with Crippen molar-refractivity contribution in [3.05, 3.63) is 35.1 Å². The van der Waals surface area contributed by atoms with Gasteiger partial charge in [-0.2, -0.15) is 10.1 Å². The first-order valence-corrected chi connectivity index (χ1v) is 6.69. The summed E-state index contributed by atoms with van der Waals surface area (Å²) in [5, 5.41) is 9.88. The SMILES string of the molecule is Cc1c(Cl)cccc1NC(=O)[C@@H]1CC(=O)Nc2ncnn21. The average Bonchev–Trinajstić information content (AvgIpc) is 2.90. The van der Waals surface area contributed by atoms with E-state index in [9.17, 15) is 9.59 Å². The van der Waals surface area contributed by atoms with E-state index in [0.717, 1.165) is 5.56 Å². The van der Waals surface area contributed by atoms with Gasteiger partial charge >= 0.3 is 0 Å². The van der Waals surface area contributed by atoms with E-state index in [1.54, 1.807) is 18.2 Å². The van der Waals surface area contributed by atoms with Crippen LogP contribution in [-0.2, 0) is 9.59 Å². The van der Waals surface area contributed by atoms with Crippen LogP contribution < -0.4 is 10.6 Å². The number of nitrogens with one attached hydrogen (secondary N) is 2. The largest absolute Gasteiger partial charge is 0.324 e. The van der Waals surface area contributed by atoms with E-state index in [1.807, 2.05) is 6.92 Å². The summed E-state index contributed by atoms with van der Waals surface area (Å²) in [7, 11) is 0. The van der Waals surface area contributed by atoms with Crippen LogP contribution in [0, 0.1) is 6.92 Å². The van der Waals surface area contributed by atoms with Crippen LogP contribution in [0.15, 0.2) is 24.5 Å². The van der Waals surface area contributed by atoms with Gasteiger partial charge in [-0.3, -0.25) is 14.9 Å². The average molecular weight is 306 g/mol. The Kier molecular flexibility index (Phi) is 3.34. The van der Waals surface area contributed by atoms with Crippen molar-refractivity contribution in [2.45, 2.75) is 19.4 Å². The molecule has 8 heteroatoms. The maximum absolute atomic E-state index is 12.4. The Balaban J connectivity index is 1.87. The van der Waals surface area contributed by atoms with E-state index in [0.29, 0.717) is 10.7 Å². The fourth-order valence-corrected chi connectivity index (χ4v) is 2.34. The topological polar surface area (TPSA) is 88.9 Å². The van der Waals surface area contributed by atoms with Gasteiger partial charge in [0.1, 0.15) is 12.4 Å². The summed E-state index contributed by atoms with van der Waals surface area (Å²) < 4.78 is 1.40. The number of benzene rings is 1. The van der Waals surface area contributed by atoms with Gasteiger partial charge < -0.3 is 5.32 Å². The molecule has 2 amide bonds. The number of hydrogen-bond acceptors (Lipinski definition) is 4. The normalized spacial score (nSPS) is 17.0. The quantitative estimate of drug-likeness (QED) is 0.885. The van der Waals surface area contributed by atoms with Crippen molar-refractivity contribution < 1.29 is 9.59 Å². The molecule has 0 bridgehead atoms. The molecule has 0 radical (unpaired) electrons. The zero-order chi connectivity index (χ0) is 15.0. The zero-order valence-electron chi connectivity index (χ0n) is 11.1. The van der Waals surface area contributed by atoms with Crippen molar-refractivity contribution in [3.63, 3.8) is 0 Å². The highest BCUT2D eigenvalue weighted by atomic mass is 35.5. The van der Waals surface area contributed by atoms with Crippen LogP contribution >= 0.6 is 11.6 Å². The Morgan fingerprint density at radius 2 is 2.33 bits per heavy atom. The van der Waals surface area contributed by atoms with Gasteiger partial charge in [-0.1, -0.05) is 17.7 Å². The van der Waals surface area contributed by atoms with Crippen LogP contribution in [0.4, 0.5) is 11.6 Å². The van der Waals surface area contributed by atoms with E-state index in [1.165, 1.54) is 11.0 Å². The number of hydrogen-bond donors (Lipinski definition) is 2. The molecule has 0 saturated carbocycles. The van der Waals surface area contributed by atoms with Gasteiger partial charge in [0, 0.05) is 10.7 Å². The number of fused-ring (bicyclic) bond motifs is 1. The van der Waals surface area contributed by atoms with Crippen LogP contribution in [0.2, 0.25) is 5.02 Å². The van der Waals surface area contributed by atoms with Crippen LogP contribution in [0.3, 0.4) is 0 Å². The second kappa shape index (κ2) is 5.17. The van der Waals surface area contributed by atoms with Crippen molar-refractivity contribution in [2.24, 2.45) is 0 Å². The van der Waals surface area contributed by atoms with Crippen molar-refractivity contribution in [2.75, 3.05) is 10.6 Å². The minimum Gasteiger partial charge on any atom is -0.324 e. The summed E-state index contributed by atoms with van der Waals surface area (Å²) in [6, 6.07) is 4.52. The van der Waals surface area contributed by atoms with E-state index < -0.39 is 6.04 Å². The third kappa shape index (κ3) is 2.47. The molecular formula is C13H12ClN5O2. The lowest BCUT2D eigenvalue weighted by Crippen LogP contribution is -2.36. The number of rotatable bonds is 2. The third-order valence-corrected chi connectivity index (χ3v) is 3.74. The van der Waals surface area contributed by atoms with Gasteiger partial charge in [-0.25, -0.2) is 4.68 Å². The molecule has 0 spiro atoms. The fourth-order valence-electron chi connectivity index (χ4n) is 2.17. The smallest absolute Gasteiger partial charge is 0.249 e. The second-order valence-corrected chi connectivity index (χ2v) is 5.11. The van der Waals surface area contributed by atoms with Gasteiger partial charge in [-0.05, 0) is 24.6 Å². The third-order valence-electron chi connectivity index (χ3n) is 3.33. The van der Waals surface area contributed by atoms with Crippen LogP contribution in [0.1, 0.15) is 18.0 Å². The van der Waals surface area contributed by atoms with E-state index in [4.69, 9.17) is 11.6 Å². The molecule has 21 heavy (non-hydrogen) atoms. The molecule has 108 valence electrons. The molecule has 3 rings (SSSR count). The maximum atomic E-state index is 12.4. The molecule has 2 aromatic rings. The number of carbonyl (C=O) groups is 2. The summed E-state index contributed by atoms with van der Waals surface area (Å²) in [5.74, 6) is -0.324. The predicted molar refractivity (Wildman–Crippen MR) is 77.1 cm³/mol. The predicted octanol–water partition coefficient (Wildman–Crippen LogP) is 1.76. The number of anilines is 2. The number of nitrogens with zero attached hydrogens (tertiary/aromatic N) is 3. The van der Waals surface area contributed by atoms with Gasteiger partial charge in [0.15, 0.2) is 0 Å². The molecule has 0 aliphatic carbocycles. The lowest BCUT2D eigenvalue weighted by molar-refractivity contribution is -0.125. The summed E-state index contributed by atoms with van der Waals surface area (Å²) in [6.07, 6.45) is 1.31. The molecule has 0 unspecified atom stereocenters. The molecule has 0 saturated heterocycles. The molecular weight excluding hydrogens is 294 g/mol. The van der Waals surface area contributed by atoms with Crippen molar-refractivity contribution in [1.29, 1.82) is 0 Å². The Hall–Kier alpha value is -2.41. The molecule has 1 aromatic heterocycles. The minimum atomic E-state index is -0.727. The van der Waals surface area contributed by atoms with Gasteiger partial charge in [0.25, 0.3) is 0 Å². The molecule has 1 aliphatic heterocycles.